The number of aromatic nitrogens is 3. The summed E-state index contributed by atoms with van der Waals surface area (Å²) in [5.74, 6) is 0.0161. The number of para-hydroxylation sites is 2. The maximum Gasteiger partial charge on any atom is 0.250 e. The van der Waals surface area contributed by atoms with Crippen molar-refractivity contribution in [1.82, 2.24) is 20.2 Å². The van der Waals surface area contributed by atoms with Gasteiger partial charge in [0.25, 0.3) is 5.91 Å². The van der Waals surface area contributed by atoms with E-state index in [1.165, 1.54) is 18.0 Å². The molecule has 0 aliphatic carbocycles. The van der Waals surface area contributed by atoms with Gasteiger partial charge < -0.3 is 0 Å². The molecule has 29 heavy (non-hydrogen) atoms. The summed E-state index contributed by atoms with van der Waals surface area (Å²) in [6.07, 6.45) is 1.52. The number of thiazole rings is 1. The highest BCUT2D eigenvalue weighted by Gasteiger charge is 2.13. The summed E-state index contributed by atoms with van der Waals surface area (Å²) in [7, 11) is 0. The van der Waals surface area contributed by atoms with E-state index in [2.05, 4.69) is 20.6 Å². The molecule has 0 aliphatic heterocycles. The van der Waals surface area contributed by atoms with Gasteiger partial charge in [-0.1, -0.05) is 53.7 Å². The van der Waals surface area contributed by atoms with Crippen molar-refractivity contribution in [3.8, 4) is 5.69 Å². The van der Waals surface area contributed by atoms with Crippen LogP contribution in [0.25, 0.3) is 15.9 Å². The molecule has 2 aromatic carbocycles. The number of nitrogens with zero attached hydrogens (tertiary/aromatic N) is 4. The molecule has 0 atom stereocenters. The summed E-state index contributed by atoms with van der Waals surface area (Å²) < 4.78 is 3.60. The average molecular weight is 442 g/mol. The SMILES string of the molecule is Cc1nn(-c2ccccc2)c(Cl)c1/C=N/NC(=O)CSc1nc2ccccc2s1. The number of amides is 1. The molecule has 0 spiro atoms. The Bertz CT molecular complexity index is 1150. The molecule has 0 radical (unpaired) electrons. The fourth-order valence-electron chi connectivity index (χ4n) is 2.64. The number of hydrazone groups is 1. The van der Waals surface area contributed by atoms with Crippen LogP contribution in [0.1, 0.15) is 11.3 Å². The van der Waals surface area contributed by atoms with Gasteiger partial charge in [-0.05, 0) is 31.2 Å². The lowest BCUT2D eigenvalue weighted by atomic mass is 10.3. The molecule has 146 valence electrons. The molecule has 1 amide bonds. The van der Waals surface area contributed by atoms with Crippen LogP contribution in [0.15, 0.2) is 64.0 Å². The Labute approximate surface area is 180 Å². The zero-order chi connectivity index (χ0) is 20.2. The minimum Gasteiger partial charge on any atom is -0.272 e. The van der Waals surface area contributed by atoms with E-state index in [0.717, 1.165) is 25.9 Å². The smallest absolute Gasteiger partial charge is 0.250 e. The molecule has 0 saturated heterocycles. The van der Waals surface area contributed by atoms with Gasteiger partial charge in [-0.15, -0.1) is 11.3 Å². The van der Waals surface area contributed by atoms with Gasteiger partial charge in [0.05, 0.1) is 39.1 Å². The van der Waals surface area contributed by atoms with Crippen LogP contribution in [-0.4, -0.2) is 32.6 Å². The van der Waals surface area contributed by atoms with E-state index >= 15 is 0 Å². The predicted molar refractivity (Wildman–Crippen MR) is 119 cm³/mol. The molecule has 0 bridgehead atoms. The zero-order valence-electron chi connectivity index (χ0n) is 15.4. The third kappa shape index (κ3) is 4.50. The summed E-state index contributed by atoms with van der Waals surface area (Å²) in [5, 5.41) is 8.92. The topological polar surface area (TPSA) is 72.2 Å². The molecule has 2 aromatic heterocycles. The monoisotopic (exact) mass is 441 g/mol. The first-order valence-electron chi connectivity index (χ1n) is 8.72. The molecule has 1 N–H and O–H groups in total. The first kappa shape index (κ1) is 19.6. The second-order valence-corrected chi connectivity index (χ2v) is 8.68. The van der Waals surface area contributed by atoms with Gasteiger partial charge in [0.1, 0.15) is 5.15 Å². The van der Waals surface area contributed by atoms with Crippen molar-refractivity contribution in [2.75, 3.05) is 5.75 Å². The highest BCUT2D eigenvalue weighted by molar-refractivity contribution is 8.01. The number of carbonyl (C=O) groups is 1. The van der Waals surface area contributed by atoms with Crippen LogP contribution >= 0.6 is 34.7 Å². The number of aryl methyl sites for hydroxylation is 1. The van der Waals surface area contributed by atoms with Crippen LogP contribution in [0.5, 0.6) is 0 Å². The summed E-state index contributed by atoms with van der Waals surface area (Å²) in [6.45, 7) is 1.84. The number of nitrogens with one attached hydrogen (secondary N) is 1. The van der Waals surface area contributed by atoms with Crippen LogP contribution in [0.4, 0.5) is 0 Å². The van der Waals surface area contributed by atoms with Crippen molar-refractivity contribution >= 4 is 57.0 Å². The minimum atomic E-state index is -0.213. The van der Waals surface area contributed by atoms with E-state index in [4.69, 9.17) is 11.6 Å². The number of benzene rings is 2. The van der Waals surface area contributed by atoms with Gasteiger partial charge in [-0.25, -0.2) is 15.1 Å². The normalized spacial score (nSPS) is 11.4. The molecule has 6 nitrogen and oxygen atoms in total. The third-order valence-corrected chi connectivity index (χ3v) is 6.58. The summed E-state index contributed by atoms with van der Waals surface area (Å²) in [4.78, 5) is 16.6. The van der Waals surface area contributed by atoms with Gasteiger partial charge in [-0.3, -0.25) is 4.79 Å². The van der Waals surface area contributed by atoms with Gasteiger partial charge in [-0.2, -0.15) is 10.2 Å². The van der Waals surface area contributed by atoms with Gasteiger partial charge in [0.2, 0.25) is 0 Å². The van der Waals surface area contributed by atoms with E-state index in [9.17, 15) is 4.79 Å². The maximum absolute atomic E-state index is 12.1. The van der Waals surface area contributed by atoms with Crippen LogP contribution < -0.4 is 5.43 Å². The number of thioether (sulfide) groups is 1. The lowest BCUT2D eigenvalue weighted by Crippen LogP contribution is -2.19. The maximum atomic E-state index is 12.1. The molecule has 0 fully saturated rings. The minimum absolute atomic E-state index is 0.213. The summed E-state index contributed by atoms with van der Waals surface area (Å²) >= 11 is 9.40. The van der Waals surface area contributed by atoms with E-state index in [-0.39, 0.29) is 11.7 Å². The number of fused-ring (bicyclic) bond motifs is 1. The van der Waals surface area contributed by atoms with Crippen LogP contribution in [0, 0.1) is 6.92 Å². The third-order valence-electron chi connectivity index (χ3n) is 4.03. The molecule has 0 aliphatic rings. The molecule has 4 rings (SSSR count). The predicted octanol–water partition coefficient (Wildman–Crippen LogP) is 4.69. The lowest BCUT2D eigenvalue weighted by molar-refractivity contribution is -0.118. The molecule has 0 unspecified atom stereocenters. The van der Waals surface area contributed by atoms with E-state index < -0.39 is 0 Å². The number of hydrogen-bond acceptors (Lipinski definition) is 6. The Hall–Kier alpha value is -2.68. The highest BCUT2D eigenvalue weighted by Crippen LogP contribution is 2.29. The van der Waals surface area contributed by atoms with Gasteiger partial charge in [0.15, 0.2) is 4.34 Å². The molecule has 2 heterocycles. The quantitative estimate of drug-likeness (QED) is 0.268. The largest absolute Gasteiger partial charge is 0.272 e. The molecular formula is C20H16ClN5OS2. The Morgan fingerprint density at radius 1 is 1.24 bits per heavy atom. The van der Waals surface area contributed by atoms with Crippen molar-refractivity contribution < 1.29 is 4.79 Å². The Balaban J connectivity index is 1.37. The lowest BCUT2D eigenvalue weighted by Gasteiger charge is -2.02. The fourth-order valence-corrected chi connectivity index (χ4v) is 4.82. The van der Waals surface area contributed by atoms with Gasteiger partial charge >= 0.3 is 0 Å². The number of rotatable bonds is 6. The average Bonchev–Trinajstić information content (AvgIpc) is 3.28. The van der Waals surface area contributed by atoms with E-state index in [1.54, 1.807) is 16.0 Å². The molecule has 0 saturated carbocycles. The standard InChI is InChI=1S/C20H16ClN5OS2/c1-13-15(19(21)26(25-13)14-7-3-2-4-8-14)11-22-24-18(27)12-28-20-23-16-9-5-6-10-17(16)29-20/h2-11H,12H2,1H3,(H,24,27)/b22-11+. The number of carbonyl (C=O) groups excluding carboxylic acids is 1. The van der Waals surface area contributed by atoms with Gasteiger partial charge in [0, 0.05) is 0 Å². The molecular weight excluding hydrogens is 426 g/mol. The van der Waals surface area contributed by atoms with Crippen LogP contribution in [-0.2, 0) is 4.79 Å². The van der Waals surface area contributed by atoms with Crippen LogP contribution in [0.2, 0.25) is 5.15 Å². The Morgan fingerprint density at radius 2 is 2.00 bits per heavy atom. The zero-order valence-corrected chi connectivity index (χ0v) is 17.8. The Morgan fingerprint density at radius 3 is 2.79 bits per heavy atom. The summed E-state index contributed by atoms with van der Waals surface area (Å²) in [5.41, 5.74) is 5.72. The molecule has 9 heteroatoms. The molecule has 4 aromatic rings. The second kappa shape index (κ2) is 8.77. The van der Waals surface area contributed by atoms with Crippen molar-refractivity contribution in [3.05, 3.63) is 71.0 Å². The van der Waals surface area contributed by atoms with Crippen molar-refractivity contribution in [2.45, 2.75) is 11.3 Å². The van der Waals surface area contributed by atoms with E-state index in [0.29, 0.717) is 10.7 Å². The Kier molecular flexibility index (Phi) is 5.94. The summed E-state index contributed by atoms with van der Waals surface area (Å²) in [6, 6.07) is 17.5. The number of hydrogen-bond donors (Lipinski definition) is 1. The van der Waals surface area contributed by atoms with E-state index in [1.807, 2.05) is 61.5 Å². The first-order valence-corrected chi connectivity index (χ1v) is 10.9. The van der Waals surface area contributed by atoms with Crippen molar-refractivity contribution in [3.63, 3.8) is 0 Å². The second-order valence-electron chi connectivity index (χ2n) is 6.07. The first-order chi connectivity index (χ1) is 14.1. The van der Waals surface area contributed by atoms with Crippen molar-refractivity contribution in [2.24, 2.45) is 5.10 Å². The number of halogens is 1. The van der Waals surface area contributed by atoms with Crippen molar-refractivity contribution in [1.29, 1.82) is 0 Å². The highest BCUT2D eigenvalue weighted by atomic mass is 35.5. The van der Waals surface area contributed by atoms with Crippen LogP contribution in [0.3, 0.4) is 0 Å². The fraction of sp³-hybridized carbons (Fsp3) is 0.100.